The fourth-order valence-corrected chi connectivity index (χ4v) is 1.88. The van der Waals surface area contributed by atoms with E-state index < -0.39 is 5.97 Å². The molecule has 1 heterocycles. The normalized spacial score (nSPS) is 12.6. The van der Waals surface area contributed by atoms with Crippen molar-refractivity contribution < 1.29 is 23.7 Å². The van der Waals surface area contributed by atoms with Gasteiger partial charge in [-0.15, -0.1) is 0 Å². The van der Waals surface area contributed by atoms with E-state index in [2.05, 4.69) is 0 Å². The first-order chi connectivity index (χ1) is 9.60. The van der Waals surface area contributed by atoms with Crippen LogP contribution in [0.15, 0.2) is 12.1 Å². The third-order valence-electron chi connectivity index (χ3n) is 2.68. The maximum Gasteiger partial charge on any atom is 0.344 e. The minimum atomic E-state index is -0.406. The molecule has 110 valence electrons. The third-order valence-corrected chi connectivity index (χ3v) is 2.68. The van der Waals surface area contributed by atoms with E-state index in [1.54, 1.807) is 19.9 Å². The van der Waals surface area contributed by atoms with Crippen LogP contribution < -0.4 is 19.9 Å². The van der Waals surface area contributed by atoms with Crippen LogP contribution in [0.2, 0.25) is 0 Å². The summed E-state index contributed by atoms with van der Waals surface area (Å²) in [6, 6.07) is 3.55. The Labute approximate surface area is 117 Å². The van der Waals surface area contributed by atoms with E-state index in [-0.39, 0.29) is 19.5 Å². The fraction of sp³-hybridized carbons (Fsp3) is 0.500. The molecule has 2 N–H and O–H groups in total. The van der Waals surface area contributed by atoms with Crippen LogP contribution in [0.4, 0.5) is 0 Å². The van der Waals surface area contributed by atoms with Gasteiger partial charge in [-0.3, -0.25) is 0 Å². The first kappa shape index (κ1) is 14.5. The molecule has 1 aromatic rings. The number of ether oxygens (including phenoxy) is 4. The van der Waals surface area contributed by atoms with E-state index in [9.17, 15) is 4.79 Å². The first-order valence-electron chi connectivity index (χ1n) is 6.55. The third kappa shape index (κ3) is 3.54. The highest BCUT2D eigenvalue weighted by molar-refractivity contribution is 5.71. The molecule has 0 spiro atoms. The lowest BCUT2D eigenvalue weighted by Gasteiger charge is -2.13. The molecule has 0 unspecified atom stereocenters. The van der Waals surface area contributed by atoms with Gasteiger partial charge in [0.05, 0.1) is 6.10 Å². The zero-order valence-corrected chi connectivity index (χ0v) is 11.7. The molecule has 1 aliphatic heterocycles. The van der Waals surface area contributed by atoms with E-state index in [0.29, 0.717) is 30.2 Å². The van der Waals surface area contributed by atoms with Crippen molar-refractivity contribution in [1.29, 1.82) is 0 Å². The smallest absolute Gasteiger partial charge is 0.344 e. The van der Waals surface area contributed by atoms with Gasteiger partial charge in [0.2, 0.25) is 6.79 Å². The number of hydrogen-bond donors (Lipinski definition) is 1. The molecule has 0 aliphatic carbocycles. The van der Waals surface area contributed by atoms with E-state index >= 15 is 0 Å². The van der Waals surface area contributed by atoms with Crippen LogP contribution in [0.3, 0.4) is 0 Å². The van der Waals surface area contributed by atoms with Crippen molar-refractivity contribution in [2.75, 3.05) is 19.9 Å². The second-order valence-corrected chi connectivity index (χ2v) is 4.68. The van der Waals surface area contributed by atoms with Crippen LogP contribution in [-0.4, -0.2) is 32.0 Å². The Hall–Kier alpha value is -1.95. The molecular weight excluding hydrogens is 262 g/mol. The van der Waals surface area contributed by atoms with Crippen molar-refractivity contribution >= 4 is 5.97 Å². The summed E-state index contributed by atoms with van der Waals surface area (Å²) < 4.78 is 21.1. The van der Waals surface area contributed by atoms with Crippen LogP contribution in [-0.2, 0) is 16.0 Å². The fourth-order valence-electron chi connectivity index (χ4n) is 1.88. The standard InChI is InChI=1S/C14H19NO5/c1-9(2)20-14(16)7-17-11-6-13-12(18-8-19-13)5-10(11)3-4-15/h5-6,9H,3-4,7-8,15H2,1-2H3. The molecule has 0 aromatic heterocycles. The van der Waals surface area contributed by atoms with Crippen LogP contribution in [0.25, 0.3) is 0 Å². The van der Waals surface area contributed by atoms with Gasteiger partial charge >= 0.3 is 5.97 Å². The number of carbonyl (C=O) groups excluding carboxylic acids is 1. The van der Waals surface area contributed by atoms with Crippen molar-refractivity contribution in [1.82, 2.24) is 0 Å². The van der Waals surface area contributed by atoms with Crippen molar-refractivity contribution in [3.8, 4) is 17.2 Å². The second-order valence-electron chi connectivity index (χ2n) is 4.68. The largest absolute Gasteiger partial charge is 0.481 e. The van der Waals surface area contributed by atoms with E-state index in [1.807, 2.05) is 6.07 Å². The Morgan fingerprint density at radius 2 is 2.05 bits per heavy atom. The van der Waals surface area contributed by atoms with Gasteiger partial charge in [-0.25, -0.2) is 4.79 Å². The van der Waals surface area contributed by atoms with Crippen molar-refractivity contribution in [2.45, 2.75) is 26.4 Å². The average molecular weight is 281 g/mol. The second kappa shape index (κ2) is 6.47. The van der Waals surface area contributed by atoms with Crippen molar-refractivity contribution in [3.05, 3.63) is 17.7 Å². The summed E-state index contributed by atoms with van der Waals surface area (Å²) >= 11 is 0. The monoisotopic (exact) mass is 281 g/mol. The summed E-state index contributed by atoms with van der Waals surface area (Å²) in [5, 5.41) is 0. The van der Waals surface area contributed by atoms with Gasteiger partial charge in [0.15, 0.2) is 18.1 Å². The average Bonchev–Trinajstić information content (AvgIpc) is 2.82. The molecule has 1 aliphatic rings. The zero-order valence-electron chi connectivity index (χ0n) is 11.7. The highest BCUT2D eigenvalue weighted by atomic mass is 16.7. The van der Waals surface area contributed by atoms with Gasteiger partial charge in [-0.05, 0) is 38.4 Å². The van der Waals surface area contributed by atoms with Gasteiger partial charge in [0, 0.05) is 6.07 Å². The number of hydrogen-bond acceptors (Lipinski definition) is 6. The summed E-state index contributed by atoms with van der Waals surface area (Å²) in [6.45, 7) is 4.11. The Balaban J connectivity index is 2.07. The maximum atomic E-state index is 11.5. The lowest BCUT2D eigenvalue weighted by molar-refractivity contribution is -0.149. The van der Waals surface area contributed by atoms with Crippen molar-refractivity contribution in [3.63, 3.8) is 0 Å². The molecule has 0 amide bonds. The molecule has 1 aromatic carbocycles. The molecule has 6 nitrogen and oxygen atoms in total. The highest BCUT2D eigenvalue weighted by Crippen LogP contribution is 2.38. The van der Waals surface area contributed by atoms with Gasteiger partial charge in [0.1, 0.15) is 5.75 Å². The highest BCUT2D eigenvalue weighted by Gasteiger charge is 2.18. The lowest BCUT2D eigenvalue weighted by Crippen LogP contribution is -2.19. The number of fused-ring (bicyclic) bond motifs is 1. The molecule has 0 atom stereocenters. The topological polar surface area (TPSA) is 80.0 Å². The molecule has 0 fully saturated rings. The first-order valence-corrected chi connectivity index (χ1v) is 6.55. The van der Waals surface area contributed by atoms with E-state index in [0.717, 1.165) is 5.56 Å². The van der Waals surface area contributed by atoms with Crippen molar-refractivity contribution in [2.24, 2.45) is 5.73 Å². The predicted molar refractivity (Wildman–Crippen MR) is 72.0 cm³/mol. The van der Waals surface area contributed by atoms with E-state index in [1.165, 1.54) is 0 Å². The molecular formula is C14H19NO5. The number of nitrogens with two attached hydrogens (primary N) is 1. The number of benzene rings is 1. The van der Waals surface area contributed by atoms with Gasteiger partial charge in [-0.1, -0.05) is 0 Å². The van der Waals surface area contributed by atoms with Crippen LogP contribution >= 0.6 is 0 Å². The molecule has 2 rings (SSSR count). The van der Waals surface area contributed by atoms with Crippen LogP contribution in [0, 0.1) is 0 Å². The van der Waals surface area contributed by atoms with Crippen LogP contribution in [0.5, 0.6) is 17.2 Å². The molecule has 0 saturated carbocycles. The molecule has 0 radical (unpaired) electrons. The zero-order chi connectivity index (χ0) is 14.5. The molecule has 0 bridgehead atoms. The predicted octanol–water partition coefficient (Wildman–Crippen LogP) is 1.25. The number of carbonyl (C=O) groups is 1. The van der Waals surface area contributed by atoms with Gasteiger partial charge in [0.25, 0.3) is 0 Å². The van der Waals surface area contributed by atoms with Crippen LogP contribution in [0.1, 0.15) is 19.4 Å². The Morgan fingerprint density at radius 1 is 1.35 bits per heavy atom. The lowest BCUT2D eigenvalue weighted by atomic mass is 10.1. The number of esters is 1. The number of rotatable bonds is 6. The van der Waals surface area contributed by atoms with Gasteiger partial charge < -0.3 is 24.7 Å². The molecule has 0 saturated heterocycles. The SMILES string of the molecule is CC(C)OC(=O)COc1cc2c(cc1CCN)OCO2. The minimum Gasteiger partial charge on any atom is -0.481 e. The van der Waals surface area contributed by atoms with Gasteiger partial charge in [-0.2, -0.15) is 0 Å². The molecule has 6 heteroatoms. The summed E-state index contributed by atoms with van der Waals surface area (Å²) in [5.41, 5.74) is 6.46. The Morgan fingerprint density at radius 3 is 2.70 bits per heavy atom. The molecule has 20 heavy (non-hydrogen) atoms. The summed E-state index contributed by atoms with van der Waals surface area (Å²) in [4.78, 5) is 11.5. The minimum absolute atomic E-state index is 0.143. The summed E-state index contributed by atoms with van der Waals surface area (Å²) in [5.74, 6) is 1.44. The summed E-state index contributed by atoms with van der Waals surface area (Å²) in [6.07, 6.45) is 0.469. The maximum absolute atomic E-state index is 11.5. The Kier molecular flexibility index (Phi) is 4.68. The quantitative estimate of drug-likeness (QED) is 0.790. The Bertz CT molecular complexity index is 487. The van der Waals surface area contributed by atoms with E-state index in [4.69, 9.17) is 24.7 Å². The summed E-state index contributed by atoms with van der Waals surface area (Å²) in [7, 11) is 0.